The smallest absolute Gasteiger partial charge is 0.252 e. The van der Waals surface area contributed by atoms with Gasteiger partial charge in [0.2, 0.25) is 0 Å². The Hall–Kier alpha value is -2.87. The van der Waals surface area contributed by atoms with Crippen LogP contribution in [-0.4, -0.2) is 57.6 Å². The Kier molecular flexibility index (Phi) is 6.50. The van der Waals surface area contributed by atoms with Crippen LogP contribution in [0.25, 0.3) is 5.65 Å². The molecule has 2 aromatic heterocycles. The van der Waals surface area contributed by atoms with Crippen LogP contribution in [0.3, 0.4) is 0 Å². The van der Waals surface area contributed by atoms with E-state index in [4.69, 9.17) is 10.7 Å². The number of carbonyl (C=O) groups excluding carboxylic acids is 1. The molecule has 4 rings (SSSR count). The number of aromatic nitrogens is 3. The number of carbonyl (C=O) groups is 1. The van der Waals surface area contributed by atoms with Gasteiger partial charge in [0.1, 0.15) is 11.6 Å². The predicted molar refractivity (Wildman–Crippen MR) is 129 cm³/mol. The van der Waals surface area contributed by atoms with Gasteiger partial charge in [-0.2, -0.15) is 9.61 Å². The topological polar surface area (TPSA) is 101 Å². The van der Waals surface area contributed by atoms with E-state index < -0.39 is 0 Å². The third kappa shape index (κ3) is 4.80. The second-order valence-electron chi connectivity index (χ2n) is 9.48. The fraction of sp³-hybridized carbons (Fsp3) is 0.542. The van der Waals surface area contributed by atoms with E-state index in [1.54, 1.807) is 19.0 Å². The third-order valence-corrected chi connectivity index (χ3v) is 6.33. The minimum absolute atomic E-state index is 0.0262. The van der Waals surface area contributed by atoms with Crippen LogP contribution in [0.15, 0.2) is 36.1 Å². The monoisotopic (exact) mass is 437 g/mol. The van der Waals surface area contributed by atoms with E-state index in [1.165, 1.54) is 0 Å². The second-order valence-corrected chi connectivity index (χ2v) is 9.48. The number of fused-ring (bicyclic) bond motifs is 1. The van der Waals surface area contributed by atoms with Crippen LogP contribution in [0, 0.1) is 0 Å². The molecule has 1 amide bonds. The van der Waals surface area contributed by atoms with Gasteiger partial charge in [0.25, 0.3) is 5.91 Å². The predicted octanol–water partition coefficient (Wildman–Crippen LogP) is 3.29. The molecule has 0 radical (unpaired) electrons. The first kappa shape index (κ1) is 22.3. The van der Waals surface area contributed by atoms with Crippen LogP contribution in [0.1, 0.15) is 57.4 Å². The fourth-order valence-electron chi connectivity index (χ4n) is 4.37. The van der Waals surface area contributed by atoms with Crippen LogP contribution in [-0.2, 0) is 4.79 Å². The average molecular weight is 438 g/mol. The van der Waals surface area contributed by atoms with Crippen molar-refractivity contribution < 1.29 is 4.79 Å². The van der Waals surface area contributed by atoms with Gasteiger partial charge in [-0.05, 0) is 38.0 Å². The van der Waals surface area contributed by atoms with Crippen molar-refractivity contribution in [3.05, 3.63) is 41.6 Å². The molecule has 8 heteroatoms. The Morgan fingerprint density at radius 1 is 1.22 bits per heavy atom. The first-order chi connectivity index (χ1) is 15.3. The van der Waals surface area contributed by atoms with Gasteiger partial charge < -0.3 is 21.3 Å². The highest BCUT2D eigenvalue weighted by Crippen LogP contribution is 2.27. The molecule has 0 saturated heterocycles. The number of rotatable bonds is 6. The standard InChI is InChI=1S/C24H35N7O/c1-15(2)20-14-26-31-22(28-19-9-5-16(6-10-19)24(32)30(3)4)13-21(29-23(20)31)27-18-11-7-17(25)8-12-18/h5-6,9,13-15,17-19,28H,7-8,10-12,25H2,1-4H3,(H,27,29). The first-order valence-electron chi connectivity index (χ1n) is 11.6. The van der Waals surface area contributed by atoms with Crippen LogP contribution >= 0.6 is 0 Å². The van der Waals surface area contributed by atoms with E-state index in [1.807, 2.05) is 35.0 Å². The molecule has 0 spiro atoms. The van der Waals surface area contributed by atoms with Crippen LogP contribution in [0.4, 0.5) is 11.6 Å². The SMILES string of the molecule is CC(C)c1cnn2c(NC3C=CC(C(=O)N(C)C)=CC3)cc(NC3CCC(N)CC3)nc12. The summed E-state index contributed by atoms with van der Waals surface area (Å²) in [6.07, 6.45) is 12.8. The van der Waals surface area contributed by atoms with E-state index in [9.17, 15) is 4.79 Å². The summed E-state index contributed by atoms with van der Waals surface area (Å²) in [5.41, 5.74) is 8.81. The van der Waals surface area contributed by atoms with Crippen molar-refractivity contribution in [3.8, 4) is 0 Å². The van der Waals surface area contributed by atoms with Crippen molar-refractivity contribution in [1.29, 1.82) is 0 Å². The molecule has 2 aromatic rings. The summed E-state index contributed by atoms with van der Waals surface area (Å²) < 4.78 is 1.88. The van der Waals surface area contributed by atoms with E-state index in [0.29, 0.717) is 18.0 Å². The van der Waals surface area contributed by atoms with Crippen molar-refractivity contribution in [3.63, 3.8) is 0 Å². The molecule has 1 unspecified atom stereocenters. The highest BCUT2D eigenvalue weighted by molar-refractivity contribution is 5.96. The molecule has 1 fully saturated rings. The Morgan fingerprint density at radius 2 is 1.97 bits per heavy atom. The fourth-order valence-corrected chi connectivity index (χ4v) is 4.37. The maximum atomic E-state index is 12.2. The maximum Gasteiger partial charge on any atom is 0.252 e. The van der Waals surface area contributed by atoms with Gasteiger partial charge in [0.05, 0.1) is 6.20 Å². The van der Waals surface area contributed by atoms with Crippen molar-refractivity contribution in [2.75, 3.05) is 24.7 Å². The molecule has 172 valence electrons. The minimum Gasteiger partial charge on any atom is -0.367 e. The quantitative estimate of drug-likeness (QED) is 0.641. The zero-order chi connectivity index (χ0) is 22.8. The normalized spacial score (nSPS) is 23.3. The number of nitrogens with zero attached hydrogens (tertiary/aromatic N) is 4. The maximum absolute atomic E-state index is 12.2. The van der Waals surface area contributed by atoms with Gasteiger partial charge in [-0.3, -0.25) is 4.79 Å². The molecule has 8 nitrogen and oxygen atoms in total. The van der Waals surface area contributed by atoms with Crippen molar-refractivity contribution in [1.82, 2.24) is 19.5 Å². The van der Waals surface area contributed by atoms with Crippen molar-refractivity contribution in [2.24, 2.45) is 5.73 Å². The lowest BCUT2D eigenvalue weighted by molar-refractivity contribution is -0.124. The lowest BCUT2D eigenvalue weighted by Crippen LogP contribution is -2.33. The molecule has 0 aromatic carbocycles. The Labute approximate surface area is 189 Å². The molecule has 2 heterocycles. The van der Waals surface area contributed by atoms with Crippen LogP contribution in [0.5, 0.6) is 0 Å². The van der Waals surface area contributed by atoms with Gasteiger partial charge in [-0.15, -0.1) is 0 Å². The summed E-state index contributed by atoms with van der Waals surface area (Å²) in [7, 11) is 3.54. The second kappa shape index (κ2) is 9.32. The van der Waals surface area contributed by atoms with Crippen LogP contribution < -0.4 is 16.4 Å². The molecule has 0 aliphatic heterocycles. The summed E-state index contributed by atoms with van der Waals surface area (Å²) in [5.74, 6) is 2.11. The van der Waals surface area contributed by atoms with Crippen molar-refractivity contribution in [2.45, 2.75) is 70.0 Å². The summed E-state index contributed by atoms with van der Waals surface area (Å²) in [6.45, 7) is 4.32. The zero-order valence-electron chi connectivity index (χ0n) is 19.5. The van der Waals surface area contributed by atoms with Crippen LogP contribution in [0.2, 0.25) is 0 Å². The van der Waals surface area contributed by atoms with Gasteiger partial charge in [0, 0.05) is 49.4 Å². The third-order valence-electron chi connectivity index (χ3n) is 6.33. The molecular weight excluding hydrogens is 402 g/mol. The van der Waals surface area contributed by atoms with Gasteiger partial charge in [0.15, 0.2) is 5.65 Å². The van der Waals surface area contributed by atoms with E-state index in [0.717, 1.165) is 60.5 Å². The number of nitrogens with two attached hydrogens (primary N) is 1. The summed E-state index contributed by atoms with van der Waals surface area (Å²) in [5, 5.41) is 11.8. The lowest BCUT2D eigenvalue weighted by Gasteiger charge is -2.27. The lowest BCUT2D eigenvalue weighted by atomic mass is 9.92. The molecular formula is C24H35N7O. The summed E-state index contributed by atoms with van der Waals surface area (Å²) in [6, 6.07) is 2.82. The van der Waals surface area contributed by atoms with Gasteiger partial charge in [-0.25, -0.2) is 4.98 Å². The molecule has 1 atom stereocenters. The summed E-state index contributed by atoms with van der Waals surface area (Å²) in [4.78, 5) is 18.7. The largest absolute Gasteiger partial charge is 0.367 e. The zero-order valence-corrected chi connectivity index (χ0v) is 19.5. The van der Waals surface area contributed by atoms with Gasteiger partial charge >= 0.3 is 0 Å². The highest BCUT2D eigenvalue weighted by Gasteiger charge is 2.21. The average Bonchev–Trinajstić information content (AvgIpc) is 3.20. The number of likely N-dealkylation sites (N-methyl/N-ethyl adjacent to an activating group) is 1. The van der Waals surface area contributed by atoms with Gasteiger partial charge in [-0.1, -0.05) is 32.1 Å². The summed E-state index contributed by atoms with van der Waals surface area (Å²) >= 11 is 0. The molecule has 1 saturated carbocycles. The molecule has 2 aliphatic rings. The van der Waals surface area contributed by atoms with E-state index >= 15 is 0 Å². The first-order valence-corrected chi connectivity index (χ1v) is 11.6. The number of anilines is 2. The number of amides is 1. The van der Waals surface area contributed by atoms with E-state index in [2.05, 4.69) is 29.6 Å². The number of hydrogen-bond donors (Lipinski definition) is 3. The van der Waals surface area contributed by atoms with Crippen molar-refractivity contribution >= 4 is 23.2 Å². The molecule has 4 N–H and O–H groups in total. The molecule has 0 bridgehead atoms. The Morgan fingerprint density at radius 3 is 2.59 bits per heavy atom. The minimum atomic E-state index is 0.0262. The molecule has 32 heavy (non-hydrogen) atoms. The number of nitrogens with one attached hydrogen (secondary N) is 2. The highest BCUT2D eigenvalue weighted by atomic mass is 16.2. The number of hydrogen-bond acceptors (Lipinski definition) is 6. The Bertz CT molecular complexity index is 1030. The molecule has 2 aliphatic carbocycles. The Balaban J connectivity index is 1.58. The van der Waals surface area contributed by atoms with E-state index in [-0.39, 0.29) is 11.9 Å².